The highest BCUT2D eigenvalue weighted by molar-refractivity contribution is 5.67. The van der Waals surface area contributed by atoms with Gasteiger partial charge in [-0.05, 0) is 37.5 Å². The number of allylic oxidation sites excluding steroid dienone is 3. The number of esters is 2. The second-order valence-electron chi connectivity index (χ2n) is 9.65. The van der Waals surface area contributed by atoms with Crippen LogP contribution < -0.4 is 0 Å². The van der Waals surface area contributed by atoms with Crippen LogP contribution in [0.5, 0.6) is 0 Å². The average Bonchev–Trinajstić information content (AvgIpc) is 2.90. The second-order valence-corrected chi connectivity index (χ2v) is 9.65. The minimum absolute atomic E-state index is 0.0457. The van der Waals surface area contributed by atoms with E-state index in [4.69, 9.17) is 9.47 Å². The third-order valence-electron chi connectivity index (χ3n) is 8.19. The highest BCUT2D eigenvalue weighted by atomic mass is 16.6. The van der Waals surface area contributed by atoms with Gasteiger partial charge in [-0.2, -0.15) is 0 Å². The first-order chi connectivity index (χ1) is 13.2. The fourth-order valence-electron chi connectivity index (χ4n) is 6.67. The molecule has 0 aromatic rings. The van der Waals surface area contributed by atoms with Crippen LogP contribution in [-0.4, -0.2) is 35.4 Å². The molecule has 0 aromatic carbocycles. The molecule has 1 N–H and O–H groups in total. The van der Waals surface area contributed by atoms with Crippen molar-refractivity contribution < 1.29 is 24.2 Å². The van der Waals surface area contributed by atoms with Gasteiger partial charge in [0.1, 0.15) is 12.2 Å². The van der Waals surface area contributed by atoms with Crippen LogP contribution in [0.3, 0.4) is 0 Å². The van der Waals surface area contributed by atoms with E-state index in [0.717, 1.165) is 25.7 Å². The van der Waals surface area contributed by atoms with Gasteiger partial charge < -0.3 is 14.6 Å². The predicted molar refractivity (Wildman–Crippen MR) is 104 cm³/mol. The van der Waals surface area contributed by atoms with E-state index in [1.165, 1.54) is 25.0 Å². The molecule has 0 spiro atoms. The topological polar surface area (TPSA) is 72.8 Å². The van der Waals surface area contributed by atoms with Gasteiger partial charge in [-0.1, -0.05) is 37.1 Å². The molecule has 154 valence electrons. The van der Waals surface area contributed by atoms with Crippen LogP contribution in [0.15, 0.2) is 23.3 Å². The molecule has 4 aliphatic rings. The maximum Gasteiger partial charge on any atom is 0.302 e. The lowest BCUT2D eigenvalue weighted by Gasteiger charge is -2.56. The van der Waals surface area contributed by atoms with Gasteiger partial charge in [0.05, 0.1) is 6.10 Å². The van der Waals surface area contributed by atoms with Crippen molar-refractivity contribution >= 4 is 11.9 Å². The van der Waals surface area contributed by atoms with E-state index in [1.54, 1.807) is 0 Å². The van der Waals surface area contributed by atoms with E-state index < -0.39 is 0 Å². The van der Waals surface area contributed by atoms with Crippen LogP contribution in [0.2, 0.25) is 0 Å². The maximum atomic E-state index is 11.9. The highest BCUT2D eigenvalue weighted by Gasteiger charge is 2.59. The van der Waals surface area contributed by atoms with E-state index in [1.807, 2.05) is 0 Å². The summed E-state index contributed by atoms with van der Waals surface area (Å²) in [6, 6.07) is 0. The summed E-state index contributed by atoms with van der Waals surface area (Å²) >= 11 is 0. The molecule has 5 heteroatoms. The van der Waals surface area contributed by atoms with E-state index in [9.17, 15) is 14.7 Å². The van der Waals surface area contributed by atoms with Gasteiger partial charge in [-0.3, -0.25) is 9.59 Å². The summed E-state index contributed by atoms with van der Waals surface area (Å²) in [5, 5.41) is 10.6. The van der Waals surface area contributed by atoms with Crippen LogP contribution in [-0.2, 0) is 19.1 Å². The summed E-state index contributed by atoms with van der Waals surface area (Å²) in [6.45, 7) is 7.33. The molecule has 0 aromatic heterocycles. The smallest absolute Gasteiger partial charge is 0.302 e. The summed E-state index contributed by atoms with van der Waals surface area (Å²) in [4.78, 5) is 23.4. The van der Waals surface area contributed by atoms with Crippen LogP contribution in [0.25, 0.3) is 0 Å². The van der Waals surface area contributed by atoms with Crippen molar-refractivity contribution in [1.82, 2.24) is 0 Å². The Hall–Kier alpha value is -1.62. The largest absolute Gasteiger partial charge is 0.462 e. The third-order valence-corrected chi connectivity index (χ3v) is 8.19. The number of rotatable bonds is 2. The monoisotopic (exact) mass is 388 g/mol. The van der Waals surface area contributed by atoms with Gasteiger partial charge in [-0.15, -0.1) is 0 Å². The fraction of sp³-hybridized carbons (Fsp3) is 0.739. The van der Waals surface area contributed by atoms with Crippen molar-refractivity contribution in [3.63, 3.8) is 0 Å². The van der Waals surface area contributed by atoms with Gasteiger partial charge in [0.2, 0.25) is 0 Å². The number of aliphatic hydroxyl groups excluding tert-OH is 1. The molecule has 4 rings (SSSR count). The van der Waals surface area contributed by atoms with E-state index in [0.29, 0.717) is 24.7 Å². The Morgan fingerprint density at radius 3 is 2.43 bits per heavy atom. The van der Waals surface area contributed by atoms with E-state index in [2.05, 4.69) is 26.0 Å². The number of hydrogen-bond donors (Lipinski definition) is 1. The van der Waals surface area contributed by atoms with Gasteiger partial charge in [0.25, 0.3) is 0 Å². The number of carbonyl (C=O) groups excluding carboxylic acids is 2. The lowest BCUT2D eigenvalue weighted by Crippen LogP contribution is -2.54. The zero-order chi connectivity index (χ0) is 20.3. The number of ether oxygens (including phenoxy) is 2. The zero-order valence-electron chi connectivity index (χ0n) is 17.4. The van der Waals surface area contributed by atoms with Gasteiger partial charge in [-0.25, -0.2) is 0 Å². The number of carbonyl (C=O) groups is 2. The number of hydrogen-bond acceptors (Lipinski definition) is 5. The zero-order valence-corrected chi connectivity index (χ0v) is 17.4. The maximum absolute atomic E-state index is 11.9. The van der Waals surface area contributed by atoms with Crippen molar-refractivity contribution in [2.24, 2.45) is 22.7 Å². The SMILES string of the molecule is CC(=O)O[C@@H]1CC2=CC=C3[C@@H]4CC[C@H](O)[C@@]4(C)CC[C@@H]3[C@@]2(C)[C@@H](OC(C)=O)C1. The highest BCUT2D eigenvalue weighted by Crippen LogP contribution is 2.63. The summed E-state index contributed by atoms with van der Waals surface area (Å²) in [5.41, 5.74) is 2.31. The van der Waals surface area contributed by atoms with E-state index in [-0.39, 0.29) is 41.1 Å². The normalized spacial score (nSPS) is 44.4. The minimum atomic E-state index is -0.307. The molecule has 7 atom stereocenters. The molecule has 5 nitrogen and oxygen atoms in total. The molecule has 0 saturated heterocycles. The quantitative estimate of drug-likeness (QED) is 0.730. The Bertz CT molecular complexity index is 752. The molecular weight excluding hydrogens is 356 g/mol. The molecule has 3 saturated carbocycles. The lowest BCUT2D eigenvalue weighted by molar-refractivity contribution is -0.165. The molecule has 4 aliphatic carbocycles. The molecule has 0 radical (unpaired) electrons. The molecular formula is C23H32O5. The van der Waals surface area contributed by atoms with Gasteiger partial charge in [0, 0.05) is 37.5 Å². The van der Waals surface area contributed by atoms with Crippen molar-refractivity contribution in [3.05, 3.63) is 23.3 Å². The molecule has 0 heterocycles. The Kier molecular flexibility index (Phi) is 4.72. The van der Waals surface area contributed by atoms with E-state index >= 15 is 0 Å². The minimum Gasteiger partial charge on any atom is -0.462 e. The predicted octanol–water partition coefficient (Wildman–Crippen LogP) is 3.70. The molecule has 0 aliphatic heterocycles. The molecule has 0 bridgehead atoms. The summed E-state index contributed by atoms with van der Waals surface area (Å²) < 4.78 is 11.3. The molecule has 3 fully saturated rings. The Balaban J connectivity index is 1.72. The average molecular weight is 389 g/mol. The van der Waals surface area contributed by atoms with Crippen molar-refractivity contribution in [2.75, 3.05) is 0 Å². The Morgan fingerprint density at radius 2 is 1.75 bits per heavy atom. The van der Waals surface area contributed by atoms with Gasteiger partial charge >= 0.3 is 11.9 Å². The first kappa shape index (κ1) is 19.7. The van der Waals surface area contributed by atoms with Crippen LogP contribution >= 0.6 is 0 Å². The number of fused-ring (bicyclic) bond motifs is 5. The van der Waals surface area contributed by atoms with Crippen LogP contribution in [0.1, 0.15) is 66.2 Å². The lowest BCUT2D eigenvalue weighted by atomic mass is 9.50. The molecule has 0 amide bonds. The Labute approximate surface area is 167 Å². The summed E-state index contributed by atoms with van der Waals surface area (Å²) in [5.74, 6) is 0.108. The molecule has 0 unspecified atom stereocenters. The first-order valence-corrected chi connectivity index (χ1v) is 10.6. The standard InChI is InChI=1S/C23H32O5/c1-13(24)27-16-11-15-5-6-17-18-7-8-20(26)22(18,3)10-9-19(17)23(15,4)21(12-16)28-14(2)25/h5-6,16,18-21,26H,7-12H2,1-4H3/t16-,18+,19+,20+,21+,22+,23+/m1/s1. The third kappa shape index (κ3) is 2.85. The molecule has 28 heavy (non-hydrogen) atoms. The van der Waals surface area contributed by atoms with Crippen molar-refractivity contribution in [2.45, 2.75) is 84.5 Å². The van der Waals surface area contributed by atoms with Crippen molar-refractivity contribution in [1.29, 1.82) is 0 Å². The van der Waals surface area contributed by atoms with Crippen molar-refractivity contribution in [3.8, 4) is 0 Å². The fourth-order valence-corrected chi connectivity index (χ4v) is 6.67. The summed E-state index contributed by atoms with van der Waals surface area (Å²) in [6.07, 6.45) is 8.73. The van der Waals surface area contributed by atoms with Crippen LogP contribution in [0.4, 0.5) is 0 Å². The Morgan fingerprint density at radius 1 is 1.04 bits per heavy atom. The summed E-state index contributed by atoms with van der Waals surface area (Å²) in [7, 11) is 0. The number of aliphatic hydroxyl groups is 1. The second kappa shape index (κ2) is 6.72. The van der Waals surface area contributed by atoms with Crippen LogP contribution in [0, 0.1) is 22.7 Å². The van der Waals surface area contributed by atoms with Gasteiger partial charge in [0.15, 0.2) is 0 Å². The first-order valence-electron chi connectivity index (χ1n) is 10.6.